The Bertz CT molecular complexity index is 2110. The van der Waals surface area contributed by atoms with Crippen molar-refractivity contribution in [3.63, 3.8) is 0 Å². The van der Waals surface area contributed by atoms with Crippen LogP contribution in [0.5, 0.6) is 0 Å². The van der Waals surface area contributed by atoms with Crippen LogP contribution in [0, 0.1) is 35.5 Å². The number of hydrogen-bond acceptors (Lipinski definition) is 13. The van der Waals surface area contributed by atoms with Crippen LogP contribution in [0.1, 0.15) is 148 Å². The van der Waals surface area contributed by atoms with Crippen molar-refractivity contribution in [2.45, 2.75) is 214 Å². The van der Waals surface area contributed by atoms with Crippen LogP contribution in [-0.2, 0) is 52.7 Å². The minimum Gasteiger partial charge on any atom is -0.480 e. The SMILES string of the molecule is CC[C@H](C)[C@H](NC(=O)[C@@H]1CCCN1C(=O)CNC(=O)[C@@H]1CCCN1C(=O)[C@H](CC(C)C)NC(=O)[C@@H](NC(=O)[C@@H](NC(=O)[C@@H](NC(=O)[C@@H](NC(=O)[C@@H]1CCCN1)C(C)C)C(C)C)C(C)C)[C@@H](C)O)C(=O)N[C@@H](CC(C)C)C(=O)O. The Morgan fingerprint density at radius 3 is 1.41 bits per heavy atom. The largest absolute Gasteiger partial charge is 0.480 e. The fourth-order valence-corrected chi connectivity index (χ4v) is 9.98. The zero-order valence-corrected chi connectivity index (χ0v) is 48.3. The molecule has 24 heteroatoms. The third kappa shape index (κ3) is 19.2. The minimum atomic E-state index is -1.61. The Kier molecular flexibility index (Phi) is 26.4. The molecule has 0 spiro atoms. The van der Waals surface area contributed by atoms with Crippen LogP contribution in [-0.4, -0.2) is 178 Å². The highest BCUT2D eigenvalue weighted by Gasteiger charge is 2.42. The molecule has 10 amide bonds. The average molecular weight is 1100 g/mol. The molecule has 3 rings (SSSR count). The van der Waals surface area contributed by atoms with E-state index >= 15 is 0 Å². The molecule has 11 N–H and O–H groups in total. The number of rotatable bonds is 29. The van der Waals surface area contributed by atoms with E-state index in [4.69, 9.17) is 0 Å². The lowest BCUT2D eigenvalue weighted by molar-refractivity contribution is -0.144. The molecule has 442 valence electrons. The molecule has 0 saturated carbocycles. The molecule has 3 fully saturated rings. The van der Waals surface area contributed by atoms with Gasteiger partial charge in [0.1, 0.15) is 54.4 Å². The zero-order chi connectivity index (χ0) is 58.9. The number of carbonyl (C=O) groups excluding carboxylic acids is 10. The summed E-state index contributed by atoms with van der Waals surface area (Å²) in [5, 5.41) is 45.1. The summed E-state index contributed by atoms with van der Waals surface area (Å²) in [7, 11) is 0. The molecule has 3 aliphatic heterocycles. The van der Waals surface area contributed by atoms with E-state index in [1.165, 1.54) is 16.7 Å². The van der Waals surface area contributed by atoms with Crippen LogP contribution in [0.3, 0.4) is 0 Å². The number of amides is 10. The van der Waals surface area contributed by atoms with Crippen LogP contribution in [0.2, 0.25) is 0 Å². The maximum absolute atomic E-state index is 14.4. The van der Waals surface area contributed by atoms with Gasteiger partial charge in [0.15, 0.2) is 0 Å². The van der Waals surface area contributed by atoms with Crippen LogP contribution >= 0.6 is 0 Å². The van der Waals surface area contributed by atoms with E-state index in [2.05, 4.69) is 47.9 Å². The third-order valence-electron chi connectivity index (χ3n) is 14.7. The van der Waals surface area contributed by atoms with Gasteiger partial charge in [0.25, 0.3) is 0 Å². The van der Waals surface area contributed by atoms with Crippen LogP contribution in [0.25, 0.3) is 0 Å². The molecule has 0 bridgehead atoms. The molecular weight excluding hydrogens is 1010 g/mol. The van der Waals surface area contributed by atoms with Gasteiger partial charge in [-0.25, -0.2) is 4.79 Å². The zero-order valence-electron chi connectivity index (χ0n) is 48.3. The fourth-order valence-electron chi connectivity index (χ4n) is 9.98. The van der Waals surface area contributed by atoms with Crippen molar-refractivity contribution in [3.05, 3.63) is 0 Å². The highest BCUT2D eigenvalue weighted by molar-refractivity contribution is 5.99. The lowest BCUT2D eigenvalue weighted by atomic mass is 9.96. The number of nitrogens with one attached hydrogen (secondary N) is 9. The Morgan fingerprint density at radius 2 is 0.949 bits per heavy atom. The Balaban J connectivity index is 1.69. The Labute approximate surface area is 460 Å². The number of aliphatic carboxylic acids is 1. The Morgan fingerprint density at radius 1 is 0.513 bits per heavy atom. The van der Waals surface area contributed by atoms with Crippen molar-refractivity contribution in [1.29, 1.82) is 0 Å². The molecule has 3 saturated heterocycles. The van der Waals surface area contributed by atoms with Crippen molar-refractivity contribution in [1.82, 2.24) is 57.7 Å². The van der Waals surface area contributed by atoms with E-state index in [1.54, 1.807) is 48.5 Å². The van der Waals surface area contributed by atoms with E-state index in [9.17, 15) is 63.0 Å². The molecule has 0 aliphatic carbocycles. The number of carboxylic acids is 1. The summed E-state index contributed by atoms with van der Waals surface area (Å²) in [4.78, 5) is 152. The first-order chi connectivity index (χ1) is 36.5. The van der Waals surface area contributed by atoms with Gasteiger partial charge in [-0.3, -0.25) is 47.9 Å². The number of carboxylic acid groups (broad SMARTS) is 1. The van der Waals surface area contributed by atoms with Gasteiger partial charge < -0.3 is 67.9 Å². The summed E-state index contributed by atoms with van der Waals surface area (Å²) in [6, 6.07) is -10.8. The monoisotopic (exact) mass is 1100 g/mol. The van der Waals surface area contributed by atoms with Crippen molar-refractivity contribution in [3.8, 4) is 0 Å². The van der Waals surface area contributed by atoms with Crippen LogP contribution < -0.4 is 47.9 Å². The number of aliphatic hydroxyl groups is 1. The van der Waals surface area contributed by atoms with Gasteiger partial charge in [0.2, 0.25) is 59.1 Å². The quantitative estimate of drug-likeness (QED) is 0.0463. The third-order valence-corrected chi connectivity index (χ3v) is 14.7. The van der Waals surface area contributed by atoms with Gasteiger partial charge in [-0.15, -0.1) is 0 Å². The average Bonchev–Trinajstić information content (AvgIpc) is 4.19. The topological polar surface area (TPSA) is 343 Å². The van der Waals surface area contributed by atoms with E-state index in [-0.39, 0.29) is 68.4 Å². The molecule has 3 heterocycles. The number of hydrogen-bond donors (Lipinski definition) is 11. The molecule has 0 aromatic rings. The molecular formula is C54H93N11O13. The highest BCUT2D eigenvalue weighted by Crippen LogP contribution is 2.23. The first-order valence-corrected chi connectivity index (χ1v) is 28.1. The van der Waals surface area contributed by atoms with Crippen LogP contribution in [0.4, 0.5) is 0 Å². The van der Waals surface area contributed by atoms with Gasteiger partial charge in [0, 0.05) is 13.1 Å². The molecule has 78 heavy (non-hydrogen) atoms. The van der Waals surface area contributed by atoms with Crippen molar-refractivity contribution in [2.24, 2.45) is 35.5 Å². The standard InChI is InChI=1S/C54H93N11O13/c1-14-32(12)43(51(74)58-36(54(77)78)25-28(4)5)62-47(70)38-20-16-22-64(38)39(67)26-56-46(69)37-19-17-23-65(37)53(76)35(24-27(2)3)57-52(75)44(33(13)66)63-50(73)42(31(10)11)61-49(72)41(30(8)9)60-48(71)40(29(6)7)59-45(68)34-18-15-21-55-34/h27-38,40-44,55,66H,14-26H2,1-13H3,(H,56,69)(H,57,75)(H,58,74)(H,59,68)(H,60,71)(H,61,72)(H,62,70)(H,63,73)(H,77,78)/t32-,33+,34-,35-,36-,37-,38-,40-,41-,42-,43-,44-/m0/s1. The predicted molar refractivity (Wildman–Crippen MR) is 289 cm³/mol. The number of aliphatic hydroxyl groups excluding tert-OH is 1. The molecule has 0 aromatic carbocycles. The Hall–Kier alpha value is -5.91. The lowest BCUT2D eigenvalue weighted by Gasteiger charge is -2.32. The molecule has 24 nitrogen and oxygen atoms in total. The smallest absolute Gasteiger partial charge is 0.326 e. The second-order valence-corrected chi connectivity index (χ2v) is 23.3. The normalized spacial score (nSPS) is 20.9. The minimum absolute atomic E-state index is 0.0256. The first kappa shape index (κ1) is 66.4. The number of carbonyl (C=O) groups is 11. The van der Waals surface area contributed by atoms with E-state index in [1.807, 2.05) is 34.6 Å². The summed E-state index contributed by atoms with van der Waals surface area (Å²) < 4.78 is 0. The van der Waals surface area contributed by atoms with Crippen LogP contribution in [0.15, 0.2) is 0 Å². The van der Waals surface area contributed by atoms with Crippen molar-refractivity contribution < 1.29 is 63.0 Å². The van der Waals surface area contributed by atoms with E-state index in [0.29, 0.717) is 32.2 Å². The lowest BCUT2D eigenvalue weighted by Crippen LogP contribution is -2.63. The number of likely N-dealkylation sites (tertiary alicyclic amines) is 2. The summed E-state index contributed by atoms with van der Waals surface area (Å²) in [6.45, 7) is 23.0. The number of nitrogens with zero attached hydrogens (tertiary/aromatic N) is 2. The van der Waals surface area contributed by atoms with Crippen molar-refractivity contribution >= 4 is 65.0 Å². The maximum Gasteiger partial charge on any atom is 0.326 e. The van der Waals surface area contributed by atoms with E-state index in [0.717, 1.165) is 6.42 Å². The highest BCUT2D eigenvalue weighted by atomic mass is 16.4. The molecule has 0 unspecified atom stereocenters. The van der Waals surface area contributed by atoms with Gasteiger partial charge >= 0.3 is 5.97 Å². The first-order valence-electron chi connectivity index (χ1n) is 28.1. The fraction of sp³-hybridized carbons (Fsp3) is 0.796. The summed E-state index contributed by atoms with van der Waals surface area (Å²) in [6.07, 6.45) is 2.17. The van der Waals surface area contributed by atoms with Crippen molar-refractivity contribution in [2.75, 3.05) is 26.2 Å². The second-order valence-electron chi connectivity index (χ2n) is 23.3. The molecule has 12 atom stereocenters. The predicted octanol–water partition coefficient (Wildman–Crippen LogP) is -0.198. The summed E-state index contributed by atoms with van der Waals surface area (Å²) in [5.74, 6) is -9.46. The molecule has 3 aliphatic rings. The maximum atomic E-state index is 14.4. The molecule has 0 radical (unpaired) electrons. The van der Waals surface area contributed by atoms with Gasteiger partial charge in [-0.05, 0) is 100 Å². The summed E-state index contributed by atoms with van der Waals surface area (Å²) >= 11 is 0. The van der Waals surface area contributed by atoms with Gasteiger partial charge in [-0.2, -0.15) is 0 Å². The van der Waals surface area contributed by atoms with Gasteiger partial charge in [-0.1, -0.05) is 89.5 Å². The summed E-state index contributed by atoms with van der Waals surface area (Å²) in [5.41, 5.74) is 0. The van der Waals surface area contributed by atoms with E-state index < -0.39 is 144 Å². The second kappa shape index (κ2) is 31.0. The molecule has 0 aromatic heterocycles. The van der Waals surface area contributed by atoms with Gasteiger partial charge in [0.05, 0.1) is 18.7 Å².